The van der Waals surface area contributed by atoms with Crippen molar-refractivity contribution >= 4 is 15.4 Å². The highest BCUT2D eigenvalue weighted by Crippen LogP contribution is 1.98. The molecule has 0 aliphatic heterocycles. The van der Waals surface area contributed by atoms with E-state index in [1.807, 2.05) is 0 Å². The molecule has 1 amide bonds. The Kier molecular flexibility index (Phi) is 9.45. The number of ether oxygens (including phenoxy) is 2. The number of hydrogen-bond acceptors (Lipinski definition) is 3. The Morgan fingerprint density at radius 3 is 2.67 bits per heavy atom. The van der Waals surface area contributed by atoms with E-state index < -0.39 is 0 Å². The zero-order chi connectivity index (χ0) is 11.5. The van der Waals surface area contributed by atoms with Crippen LogP contribution >= 0.6 is 0 Å². The minimum Gasteiger partial charge on any atom is -0.360 e. The van der Waals surface area contributed by atoms with Gasteiger partial charge in [0.15, 0.2) is 0 Å². The average Bonchev–Trinajstić information content (AvgIpc) is 2.28. The van der Waals surface area contributed by atoms with Gasteiger partial charge in [0, 0.05) is 20.8 Å². The highest BCUT2D eigenvalue weighted by Gasteiger charge is 2.04. The van der Waals surface area contributed by atoms with Crippen LogP contribution in [0.15, 0.2) is 12.7 Å². The number of carbonyl (C=O) groups excluding carboxylic acids is 1. The van der Waals surface area contributed by atoms with Gasteiger partial charge < -0.3 is 14.8 Å². The summed E-state index contributed by atoms with van der Waals surface area (Å²) in [5, 5.41) is 2.74. The standard InChI is InChI=1S/C10H21NO3Si/c1-4-9(12)11-7-5-6-8-15-10(13-2)14-3/h4,10H,1,5-8,15H2,2-3H3,(H,11,12). The van der Waals surface area contributed by atoms with Gasteiger partial charge in [0.25, 0.3) is 0 Å². The fraction of sp³-hybridized carbons (Fsp3) is 0.700. The van der Waals surface area contributed by atoms with Crippen molar-refractivity contribution in [3.8, 4) is 0 Å². The minimum atomic E-state index is -0.305. The second-order valence-electron chi connectivity index (χ2n) is 3.25. The van der Waals surface area contributed by atoms with Crippen molar-refractivity contribution in [1.29, 1.82) is 0 Å². The van der Waals surface area contributed by atoms with Gasteiger partial charge in [-0.15, -0.1) is 0 Å². The number of methoxy groups -OCH3 is 2. The van der Waals surface area contributed by atoms with Crippen molar-refractivity contribution in [2.45, 2.75) is 24.8 Å². The predicted octanol–water partition coefficient (Wildman–Crippen LogP) is 0.232. The maximum atomic E-state index is 10.8. The van der Waals surface area contributed by atoms with Crippen LogP contribution in [0.2, 0.25) is 6.04 Å². The molecule has 0 bridgehead atoms. The molecule has 15 heavy (non-hydrogen) atoms. The lowest BCUT2D eigenvalue weighted by Crippen LogP contribution is -2.23. The summed E-state index contributed by atoms with van der Waals surface area (Å²) in [7, 11) is 3.04. The third-order valence-corrected chi connectivity index (χ3v) is 4.17. The van der Waals surface area contributed by atoms with Crippen molar-refractivity contribution in [3.05, 3.63) is 12.7 Å². The van der Waals surface area contributed by atoms with E-state index in [0.29, 0.717) is 0 Å². The monoisotopic (exact) mass is 231 g/mol. The SMILES string of the molecule is C=CC(=O)NCCCC[SiH2]C(OC)OC. The van der Waals surface area contributed by atoms with E-state index in [2.05, 4.69) is 11.9 Å². The first kappa shape index (κ1) is 14.3. The molecule has 0 radical (unpaired) electrons. The van der Waals surface area contributed by atoms with Crippen LogP contribution < -0.4 is 5.32 Å². The average molecular weight is 231 g/mol. The smallest absolute Gasteiger partial charge is 0.243 e. The Morgan fingerprint density at radius 1 is 1.47 bits per heavy atom. The molecular weight excluding hydrogens is 210 g/mol. The first-order valence-corrected chi connectivity index (χ1v) is 7.02. The van der Waals surface area contributed by atoms with Gasteiger partial charge in [0.2, 0.25) is 5.91 Å². The lowest BCUT2D eigenvalue weighted by atomic mass is 10.3. The van der Waals surface area contributed by atoms with Gasteiger partial charge in [-0.05, 0) is 12.5 Å². The van der Waals surface area contributed by atoms with Crippen LogP contribution in [-0.4, -0.2) is 42.1 Å². The fourth-order valence-corrected chi connectivity index (χ4v) is 2.68. The predicted molar refractivity (Wildman–Crippen MR) is 63.6 cm³/mol. The number of carbonyl (C=O) groups is 1. The summed E-state index contributed by atoms with van der Waals surface area (Å²) in [4.78, 5) is 10.8. The molecule has 0 aromatic heterocycles. The number of hydrogen-bond donors (Lipinski definition) is 1. The number of nitrogens with one attached hydrogen (secondary N) is 1. The van der Waals surface area contributed by atoms with Gasteiger partial charge in [0.1, 0.15) is 5.91 Å². The van der Waals surface area contributed by atoms with E-state index >= 15 is 0 Å². The van der Waals surface area contributed by atoms with Gasteiger partial charge in [-0.25, -0.2) is 0 Å². The van der Waals surface area contributed by atoms with Gasteiger partial charge >= 0.3 is 0 Å². The molecule has 0 spiro atoms. The van der Waals surface area contributed by atoms with Gasteiger partial charge in [-0.2, -0.15) is 0 Å². The highest BCUT2D eigenvalue weighted by molar-refractivity contribution is 6.36. The molecule has 5 heteroatoms. The normalized spacial score (nSPS) is 11.1. The van der Waals surface area contributed by atoms with Crippen molar-refractivity contribution in [2.24, 2.45) is 0 Å². The van der Waals surface area contributed by atoms with E-state index in [9.17, 15) is 4.79 Å². The van der Waals surface area contributed by atoms with Crippen LogP contribution in [-0.2, 0) is 14.3 Å². The third-order valence-electron chi connectivity index (χ3n) is 2.13. The molecule has 0 fully saturated rings. The second-order valence-corrected chi connectivity index (χ2v) is 5.20. The van der Waals surface area contributed by atoms with E-state index in [1.165, 1.54) is 12.1 Å². The maximum absolute atomic E-state index is 10.8. The van der Waals surface area contributed by atoms with Crippen LogP contribution in [0, 0.1) is 0 Å². The summed E-state index contributed by atoms with van der Waals surface area (Å²) < 4.78 is 10.2. The van der Waals surface area contributed by atoms with E-state index in [0.717, 1.165) is 19.4 Å². The van der Waals surface area contributed by atoms with Crippen molar-refractivity contribution in [3.63, 3.8) is 0 Å². The molecule has 0 rings (SSSR count). The minimum absolute atomic E-state index is 0.0350. The Labute approximate surface area is 93.8 Å². The number of unbranched alkanes of at least 4 members (excludes halogenated alkanes) is 1. The quantitative estimate of drug-likeness (QED) is 0.267. The Hall–Kier alpha value is -0.653. The maximum Gasteiger partial charge on any atom is 0.243 e. The first-order valence-electron chi connectivity index (χ1n) is 5.20. The first-order chi connectivity index (χ1) is 7.24. The van der Waals surface area contributed by atoms with Gasteiger partial charge in [-0.1, -0.05) is 19.0 Å². The summed E-state index contributed by atoms with van der Waals surface area (Å²) in [5.74, 6) is -0.0633. The molecule has 0 saturated carbocycles. The molecular formula is C10H21NO3Si. The summed E-state index contributed by atoms with van der Waals surface area (Å²) in [6.45, 7) is 4.11. The largest absolute Gasteiger partial charge is 0.360 e. The molecule has 0 saturated heterocycles. The summed E-state index contributed by atoms with van der Waals surface area (Å²) in [5.41, 5.74) is 0. The second kappa shape index (κ2) is 9.89. The molecule has 0 aliphatic rings. The summed E-state index contributed by atoms with van der Waals surface area (Å²) >= 11 is 0. The van der Waals surface area contributed by atoms with Crippen LogP contribution in [0.4, 0.5) is 0 Å². The van der Waals surface area contributed by atoms with Crippen molar-refractivity contribution in [1.82, 2.24) is 5.32 Å². The molecule has 0 heterocycles. The zero-order valence-electron chi connectivity index (χ0n) is 9.62. The lowest BCUT2D eigenvalue weighted by Gasteiger charge is -2.12. The van der Waals surface area contributed by atoms with Crippen LogP contribution in [0.3, 0.4) is 0 Å². The molecule has 0 aliphatic carbocycles. The van der Waals surface area contributed by atoms with E-state index in [4.69, 9.17) is 9.47 Å². The topological polar surface area (TPSA) is 47.6 Å². The molecule has 0 aromatic rings. The Bertz CT molecular complexity index is 184. The third kappa shape index (κ3) is 8.35. The zero-order valence-corrected chi connectivity index (χ0v) is 11.0. The van der Waals surface area contributed by atoms with Gasteiger partial charge in [-0.3, -0.25) is 4.79 Å². The van der Waals surface area contributed by atoms with Crippen molar-refractivity contribution < 1.29 is 14.3 Å². The van der Waals surface area contributed by atoms with E-state index in [-0.39, 0.29) is 21.3 Å². The van der Waals surface area contributed by atoms with Crippen molar-refractivity contribution in [2.75, 3.05) is 20.8 Å². The summed E-state index contributed by atoms with van der Waals surface area (Å²) in [6.07, 6.45) is 3.42. The fourth-order valence-electron chi connectivity index (χ4n) is 1.23. The number of rotatable bonds is 9. The number of amides is 1. The van der Waals surface area contributed by atoms with Crippen LogP contribution in [0.25, 0.3) is 0 Å². The Balaban J connectivity index is 3.24. The highest BCUT2D eigenvalue weighted by atomic mass is 28.2. The molecule has 0 unspecified atom stereocenters. The molecule has 0 aromatic carbocycles. The lowest BCUT2D eigenvalue weighted by molar-refractivity contribution is -0.116. The molecule has 4 nitrogen and oxygen atoms in total. The molecule has 88 valence electrons. The molecule has 1 N–H and O–H groups in total. The van der Waals surface area contributed by atoms with Gasteiger partial charge in [0.05, 0.1) is 9.52 Å². The van der Waals surface area contributed by atoms with Crippen LogP contribution in [0.1, 0.15) is 12.8 Å². The molecule has 0 atom stereocenters. The Morgan fingerprint density at radius 2 is 2.13 bits per heavy atom. The summed E-state index contributed by atoms with van der Waals surface area (Å²) in [6, 6.07) is 1.18. The van der Waals surface area contributed by atoms with Crippen LogP contribution in [0.5, 0.6) is 0 Å². The van der Waals surface area contributed by atoms with E-state index in [1.54, 1.807) is 14.2 Å².